The summed E-state index contributed by atoms with van der Waals surface area (Å²) >= 11 is 1.42. The van der Waals surface area contributed by atoms with Crippen molar-refractivity contribution >= 4 is 33.8 Å². The Morgan fingerprint density at radius 3 is 2.42 bits per heavy atom. The van der Waals surface area contributed by atoms with Crippen LogP contribution in [0.15, 0.2) is 24.3 Å². The molecule has 3 rings (SSSR count). The van der Waals surface area contributed by atoms with Crippen molar-refractivity contribution < 1.29 is 22.8 Å². The maximum atomic E-state index is 13.1. The third-order valence-corrected chi connectivity index (χ3v) is 6.68. The summed E-state index contributed by atoms with van der Waals surface area (Å²) in [7, 11) is 0. The van der Waals surface area contributed by atoms with Gasteiger partial charge in [-0.2, -0.15) is 18.4 Å². The van der Waals surface area contributed by atoms with E-state index in [0.29, 0.717) is 17.1 Å². The highest BCUT2D eigenvalue weighted by Gasteiger charge is 2.33. The first-order valence-electron chi connectivity index (χ1n) is 10.8. The van der Waals surface area contributed by atoms with Crippen LogP contribution in [0.3, 0.4) is 0 Å². The molecule has 0 unspecified atom stereocenters. The molecule has 10 heteroatoms. The van der Waals surface area contributed by atoms with Gasteiger partial charge in [-0.15, -0.1) is 11.3 Å². The van der Waals surface area contributed by atoms with Gasteiger partial charge in [-0.3, -0.25) is 14.5 Å². The van der Waals surface area contributed by atoms with Gasteiger partial charge in [0.2, 0.25) is 11.8 Å². The molecule has 0 saturated heterocycles. The van der Waals surface area contributed by atoms with E-state index in [4.69, 9.17) is 0 Å². The van der Waals surface area contributed by atoms with Gasteiger partial charge in [0.15, 0.2) is 0 Å². The Balaban J connectivity index is 1.62. The van der Waals surface area contributed by atoms with Crippen molar-refractivity contribution in [2.45, 2.75) is 45.2 Å². The van der Waals surface area contributed by atoms with Gasteiger partial charge < -0.3 is 10.6 Å². The summed E-state index contributed by atoms with van der Waals surface area (Å²) < 4.78 is 39.4. The molecule has 33 heavy (non-hydrogen) atoms. The molecule has 1 aliphatic carbocycles. The maximum Gasteiger partial charge on any atom is 0.418 e. The number of para-hydroxylation sites is 1. The number of hydrogen-bond donors (Lipinski definition) is 2. The van der Waals surface area contributed by atoms with E-state index < -0.39 is 17.6 Å². The molecule has 0 bridgehead atoms. The lowest BCUT2D eigenvalue weighted by Gasteiger charge is -2.20. The Kier molecular flexibility index (Phi) is 8.10. The first-order valence-corrected chi connectivity index (χ1v) is 11.6. The number of amides is 2. The summed E-state index contributed by atoms with van der Waals surface area (Å²) in [6.07, 6.45) is 0.320. The number of anilines is 2. The Morgan fingerprint density at radius 2 is 1.76 bits per heavy atom. The number of carbonyl (C=O) groups excluding carboxylic acids is 2. The third kappa shape index (κ3) is 6.33. The average molecular weight is 479 g/mol. The summed E-state index contributed by atoms with van der Waals surface area (Å²) in [5.41, 5.74) is 0.273. The zero-order chi connectivity index (χ0) is 24.0. The molecule has 2 amide bonds. The van der Waals surface area contributed by atoms with Crippen LogP contribution >= 0.6 is 11.3 Å². The Hall–Kier alpha value is -2.90. The number of rotatable bonds is 7. The predicted octanol–water partition coefficient (Wildman–Crippen LogP) is 4.81. The molecule has 0 fully saturated rings. The number of carbonyl (C=O) groups is 2. The molecule has 2 aromatic rings. The molecule has 0 atom stereocenters. The molecule has 176 valence electrons. The molecule has 2 N–H and O–H groups in total. The van der Waals surface area contributed by atoms with Crippen LogP contribution in [0.4, 0.5) is 23.9 Å². The number of nitrogens with one attached hydrogen (secondary N) is 2. The largest absolute Gasteiger partial charge is 0.418 e. The van der Waals surface area contributed by atoms with Crippen LogP contribution in [-0.2, 0) is 28.6 Å². The van der Waals surface area contributed by atoms with E-state index in [1.165, 1.54) is 34.4 Å². The Morgan fingerprint density at radius 1 is 1.09 bits per heavy atom. The molecule has 0 radical (unpaired) electrons. The van der Waals surface area contributed by atoms with E-state index in [1.54, 1.807) is 6.92 Å². The molecular weight excluding hydrogens is 453 g/mol. The first-order chi connectivity index (χ1) is 15.7. The highest BCUT2D eigenvalue weighted by Crippen LogP contribution is 2.37. The number of benzene rings is 1. The summed E-state index contributed by atoms with van der Waals surface area (Å²) in [5, 5.41) is 15.2. The van der Waals surface area contributed by atoms with Gasteiger partial charge in [0, 0.05) is 4.88 Å². The number of thiophene rings is 1. The van der Waals surface area contributed by atoms with Crippen LogP contribution in [-0.4, -0.2) is 36.3 Å². The minimum atomic E-state index is -4.59. The van der Waals surface area contributed by atoms with E-state index in [0.717, 1.165) is 48.6 Å². The van der Waals surface area contributed by atoms with E-state index in [9.17, 15) is 28.0 Å². The number of alkyl halides is 3. The summed E-state index contributed by atoms with van der Waals surface area (Å²) in [6, 6.07) is 6.95. The SMILES string of the molecule is CCN(CC(=O)Nc1ccccc1C(F)(F)F)CC(=O)Nc1sc2c(c1C#N)CCCCC2. The van der Waals surface area contributed by atoms with Crippen molar-refractivity contribution in [3.05, 3.63) is 45.8 Å². The highest BCUT2D eigenvalue weighted by molar-refractivity contribution is 7.16. The summed E-state index contributed by atoms with van der Waals surface area (Å²) in [6.45, 7) is 1.71. The van der Waals surface area contributed by atoms with Gasteiger partial charge in [-0.1, -0.05) is 25.5 Å². The number of fused-ring (bicyclic) bond motifs is 1. The van der Waals surface area contributed by atoms with Crippen molar-refractivity contribution in [3.63, 3.8) is 0 Å². The number of nitriles is 1. The minimum absolute atomic E-state index is 0.127. The van der Waals surface area contributed by atoms with Gasteiger partial charge in [-0.05, 0) is 49.9 Å². The number of halogens is 3. The number of hydrogen-bond acceptors (Lipinski definition) is 5. The van der Waals surface area contributed by atoms with Crippen LogP contribution in [0.1, 0.15) is 47.8 Å². The van der Waals surface area contributed by atoms with Crippen LogP contribution in [0.25, 0.3) is 0 Å². The summed E-state index contributed by atoms with van der Waals surface area (Å²) in [5.74, 6) is -1.03. The van der Waals surface area contributed by atoms with Crippen molar-refractivity contribution in [2.24, 2.45) is 0 Å². The van der Waals surface area contributed by atoms with Crippen molar-refractivity contribution in [2.75, 3.05) is 30.3 Å². The zero-order valence-corrected chi connectivity index (χ0v) is 19.0. The molecule has 0 spiro atoms. The van der Waals surface area contributed by atoms with E-state index >= 15 is 0 Å². The normalized spacial score (nSPS) is 13.7. The Bertz CT molecular complexity index is 1060. The second-order valence-electron chi connectivity index (χ2n) is 7.82. The molecule has 0 aliphatic heterocycles. The fraction of sp³-hybridized carbons (Fsp3) is 0.435. The zero-order valence-electron chi connectivity index (χ0n) is 18.2. The van der Waals surface area contributed by atoms with Crippen molar-refractivity contribution in [1.82, 2.24) is 4.90 Å². The number of nitrogens with zero attached hydrogens (tertiary/aromatic N) is 2. The third-order valence-electron chi connectivity index (χ3n) is 5.47. The van der Waals surface area contributed by atoms with Gasteiger partial charge in [0.25, 0.3) is 0 Å². The van der Waals surface area contributed by atoms with Crippen molar-refractivity contribution in [1.29, 1.82) is 5.26 Å². The number of aryl methyl sites for hydroxylation is 1. The predicted molar refractivity (Wildman–Crippen MR) is 121 cm³/mol. The van der Waals surface area contributed by atoms with Gasteiger partial charge >= 0.3 is 6.18 Å². The Labute approximate surface area is 194 Å². The van der Waals surface area contributed by atoms with Crippen LogP contribution in [0.2, 0.25) is 0 Å². The van der Waals surface area contributed by atoms with Crippen LogP contribution in [0.5, 0.6) is 0 Å². The second-order valence-corrected chi connectivity index (χ2v) is 8.93. The second kappa shape index (κ2) is 10.8. The lowest BCUT2D eigenvalue weighted by Crippen LogP contribution is -2.38. The van der Waals surface area contributed by atoms with Gasteiger partial charge in [0.1, 0.15) is 11.1 Å². The molecular formula is C23H25F3N4O2S. The van der Waals surface area contributed by atoms with Crippen LogP contribution in [0, 0.1) is 11.3 Å². The van der Waals surface area contributed by atoms with E-state index in [2.05, 4.69) is 16.7 Å². The smallest absolute Gasteiger partial charge is 0.324 e. The molecule has 1 aromatic heterocycles. The van der Waals surface area contributed by atoms with Gasteiger partial charge in [0.05, 0.1) is 29.9 Å². The van der Waals surface area contributed by atoms with Gasteiger partial charge in [-0.25, -0.2) is 0 Å². The molecule has 1 aromatic carbocycles. The fourth-order valence-electron chi connectivity index (χ4n) is 3.83. The number of likely N-dealkylation sites (N-methyl/N-ethyl adjacent to an activating group) is 1. The van der Waals surface area contributed by atoms with Crippen molar-refractivity contribution in [3.8, 4) is 6.07 Å². The molecule has 0 saturated carbocycles. The lowest BCUT2D eigenvalue weighted by molar-refractivity contribution is -0.137. The van der Waals surface area contributed by atoms with E-state index in [1.807, 2.05) is 0 Å². The molecule has 1 aliphatic rings. The minimum Gasteiger partial charge on any atom is -0.324 e. The highest BCUT2D eigenvalue weighted by atomic mass is 32.1. The topological polar surface area (TPSA) is 85.2 Å². The monoisotopic (exact) mass is 478 g/mol. The average Bonchev–Trinajstić information content (AvgIpc) is 2.91. The molecule has 1 heterocycles. The lowest BCUT2D eigenvalue weighted by atomic mass is 10.1. The standard InChI is InChI=1S/C23H25F3N4O2S/c1-2-30(13-20(31)28-18-10-7-6-9-17(18)23(24,25)26)14-21(32)29-22-16(12-27)15-8-4-3-5-11-19(15)33-22/h6-7,9-10H,2-5,8,11,13-14H2,1H3,(H,28,31)(H,29,32). The van der Waals surface area contributed by atoms with E-state index in [-0.39, 0.29) is 24.7 Å². The first kappa shape index (κ1) is 24.7. The fourth-order valence-corrected chi connectivity index (χ4v) is 5.09. The quantitative estimate of drug-likeness (QED) is 0.560. The molecule has 6 nitrogen and oxygen atoms in total. The van der Waals surface area contributed by atoms with Crippen LogP contribution < -0.4 is 10.6 Å². The maximum absolute atomic E-state index is 13.1. The summed E-state index contributed by atoms with van der Waals surface area (Å²) in [4.78, 5) is 27.6.